The van der Waals surface area contributed by atoms with Crippen molar-refractivity contribution < 1.29 is 17.8 Å². The molecule has 1 amide bonds. The largest absolute Gasteiger partial charge is 0.300 e. The SMILES string of the molecule is O=C(Nc1nonc1-c1ccc(Cl)cc1)c1nn([C@@H]2CCS(=O)(=O)C2)c2c1CCCC2. The van der Waals surface area contributed by atoms with Gasteiger partial charge in [-0.2, -0.15) is 5.10 Å². The Labute approximate surface area is 183 Å². The lowest BCUT2D eigenvalue weighted by Gasteiger charge is -2.17. The third-order valence-electron chi connectivity index (χ3n) is 5.82. The first-order valence-corrected chi connectivity index (χ1v) is 12.3. The number of aromatic nitrogens is 4. The number of nitrogens with one attached hydrogen (secondary N) is 1. The van der Waals surface area contributed by atoms with Crippen LogP contribution < -0.4 is 5.32 Å². The molecule has 0 radical (unpaired) electrons. The number of sulfone groups is 1. The second-order valence-electron chi connectivity index (χ2n) is 7.90. The van der Waals surface area contributed by atoms with Crippen LogP contribution in [-0.2, 0) is 22.7 Å². The van der Waals surface area contributed by atoms with E-state index in [-0.39, 0.29) is 23.4 Å². The summed E-state index contributed by atoms with van der Waals surface area (Å²) in [6, 6.07) is 6.72. The predicted octanol–water partition coefficient (Wildman–Crippen LogP) is 3.08. The van der Waals surface area contributed by atoms with Crippen molar-refractivity contribution in [1.29, 1.82) is 0 Å². The molecule has 0 unspecified atom stereocenters. The highest BCUT2D eigenvalue weighted by molar-refractivity contribution is 7.91. The van der Waals surface area contributed by atoms with Crippen molar-refractivity contribution in [3.63, 3.8) is 0 Å². The van der Waals surface area contributed by atoms with E-state index in [0.717, 1.165) is 36.9 Å². The van der Waals surface area contributed by atoms with E-state index in [0.29, 0.717) is 28.4 Å². The summed E-state index contributed by atoms with van der Waals surface area (Å²) >= 11 is 5.94. The number of anilines is 1. The standard InChI is InChI=1S/C20H20ClN5O4S/c21-13-7-5-12(6-8-13)17-19(25-30-24-17)22-20(27)18-15-3-1-2-4-16(15)26(23-18)14-9-10-31(28,29)11-14/h5-8,14H,1-4,9-11H2,(H,22,25,27)/t14-/m1/s1. The van der Waals surface area contributed by atoms with Gasteiger partial charge in [0, 0.05) is 21.8 Å². The van der Waals surface area contributed by atoms with Crippen LogP contribution in [0.2, 0.25) is 5.02 Å². The third-order valence-corrected chi connectivity index (χ3v) is 7.82. The molecule has 5 rings (SSSR count). The monoisotopic (exact) mass is 461 g/mol. The molecule has 1 saturated heterocycles. The van der Waals surface area contributed by atoms with Crippen LogP contribution in [0.3, 0.4) is 0 Å². The molecule has 2 aliphatic rings. The van der Waals surface area contributed by atoms with Crippen molar-refractivity contribution in [2.24, 2.45) is 0 Å². The number of benzene rings is 1. The highest BCUT2D eigenvalue weighted by Crippen LogP contribution is 2.32. The predicted molar refractivity (Wildman–Crippen MR) is 114 cm³/mol. The zero-order valence-electron chi connectivity index (χ0n) is 16.5. The number of hydrogen-bond acceptors (Lipinski definition) is 7. The minimum Gasteiger partial charge on any atom is -0.300 e. The molecule has 3 heterocycles. The van der Waals surface area contributed by atoms with Gasteiger partial charge in [-0.05, 0) is 54.6 Å². The Kier molecular flexibility index (Phi) is 5.05. The maximum atomic E-state index is 13.1. The summed E-state index contributed by atoms with van der Waals surface area (Å²) in [6.45, 7) is 0. The second-order valence-corrected chi connectivity index (χ2v) is 10.6. The number of rotatable bonds is 4. The van der Waals surface area contributed by atoms with Crippen molar-refractivity contribution in [3.8, 4) is 11.3 Å². The summed E-state index contributed by atoms with van der Waals surface area (Å²) in [5, 5.41) is 15.6. The lowest BCUT2D eigenvalue weighted by Crippen LogP contribution is -2.17. The van der Waals surface area contributed by atoms with Gasteiger partial charge in [0.05, 0.1) is 17.5 Å². The molecule has 11 heteroatoms. The fourth-order valence-electron chi connectivity index (χ4n) is 4.31. The number of fused-ring (bicyclic) bond motifs is 1. The molecule has 3 aromatic rings. The molecule has 0 spiro atoms. The number of nitrogens with zero attached hydrogens (tertiary/aromatic N) is 4. The number of hydrogen-bond donors (Lipinski definition) is 1. The van der Waals surface area contributed by atoms with Gasteiger partial charge in [0.25, 0.3) is 5.91 Å². The van der Waals surface area contributed by atoms with Crippen molar-refractivity contribution in [2.75, 3.05) is 16.8 Å². The zero-order valence-corrected chi connectivity index (χ0v) is 18.1. The molecule has 1 aromatic carbocycles. The van der Waals surface area contributed by atoms with Crippen molar-refractivity contribution in [3.05, 3.63) is 46.2 Å². The van der Waals surface area contributed by atoms with Crippen LogP contribution in [-0.4, -0.2) is 45.9 Å². The Morgan fingerprint density at radius 2 is 1.94 bits per heavy atom. The van der Waals surface area contributed by atoms with Gasteiger partial charge in [0.15, 0.2) is 21.2 Å². The van der Waals surface area contributed by atoms with E-state index in [1.165, 1.54) is 0 Å². The highest BCUT2D eigenvalue weighted by atomic mass is 35.5. The first-order chi connectivity index (χ1) is 14.9. The van der Waals surface area contributed by atoms with Crippen molar-refractivity contribution in [1.82, 2.24) is 20.1 Å². The van der Waals surface area contributed by atoms with E-state index < -0.39 is 15.7 Å². The second kappa shape index (κ2) is 7.76. The van der Waals surface area contributed by atoms with E-state index >= 15 is 0 Å². The van der Waals surface area contributed by atoms with E-state index in [1.54, 1.807) is 28.9 Å². The van der Waals surface area contributed by atoms with E-state index in [1.807, 2.05) is 0 Å². The lowest BCUT2D eigenvalue weighted by molar-refractivity contribution is 0.101. The summed E-state index contributed by atoms with van der Waals surface area (Å²) in [5.41, 5.74) is 3.25. The smallest absolute Gasteiger partial charge is 0.277 e. The first kappa shape index (κ1) is 20.2. The van der Waals surface area contributed by atoms with Gasteiger partial charge in [-0.3, -0.25) is 9.48 Å². The van der Waals surface area contributed by atoms with E-state index in [9.17, 15) is 13.2 Å². The van der Waals surface area contributed by atoms with E-state index in [4.69, 9.17) is 16.2 Å². The molecule has 1 N–H and O–H groups in total. The molecule has 1 fully saturated rings. The Morgan fingerprint density at radius 3 is 2.68 bits per heavy atom. The third kappa shape index (κ3) is 3.85. The van der Waals surface area contributed by atoms with Gasteiger partial charge in [-0.15, -0.1) is 0 Å². The summed E-state index contributed by atoms with van der Waals surface area (Å²) in [4.78, 5) is 13.1. The fraction of sp³-hybridized carbons (Fsp3) is 0.400. The van der Waals surface area contributed by atoms with Crippen LogP contribution in [0.15, 0.2) is 28.9 Å². The minimum absolute atomic E-state index is 0.0656. The number of carbonyl (C=O) groups excluding carboxylic acids is 1. The molecular formula is C20H20ClN5O4S. The molecule has 1 aliphatic carbocycles. The topological polar surface area (TPSA) is 120 Å². The molecule has 0 bridgehead atoms. The molecule has 2 aromatic heterocycles. The van der Waals surface area contributed by atoms with Crippen LogP contribution in [0.25, 0.3) is 11.3 Å². The Bertz CT molecular complexity index is 1250. The Balaban J connectivity index is 1.46. The molecule has 1 atom stereocenters. The van der Waals surface area contributed by atoms with Gasteiger partial charge in [0.2, 0.25) is 5.82 Å². The molecule has 1 aliphatic heterocycles. The highest BCUT2D eigenvalue weighted by Gasteiger charge is 2.34. The summed E-state index contributed by atoms with van der Waals surface area (Å²) < 4.78 is 30.6. The zero-order chi connectivity index (χ0) is 21.6. The summed E-state index contributed by atoms with van der Waals surface area (Å²) in [7, 11) is -3.06. The van der Waals surface area contributed by atoms with Crippen LogP contribution >= 0.6 is 11.6 Å². The molecule has 31 heavy (non-hydrogen) atoms. The molecular weight excluding hydrogens is 442 g/mol. The van der Waals surface area contributed by atoms with Crippen LogP contribution in [0.5, 0.6) is 0 Å². The molecule has 9 nitrogen and oxygen atoms in total. The Hall–Kier alpha value is -2.72. The maximum Gasteiger partial charge on any atom is 0.277 e. The molecule has 0 saturated carbocycles. The van der Waals surface area contributed by atoms with Crippen LogP contribution in [0.1, 0.15) is 47.1 Å². The minimum atomic E-state index is -3.06. The summed E-state index contributed by atoms with van der Waals surface area (Å²) in [5.74, 6) is -0.00235. The molecule has 162 valence electrons. The number of halogens is 1. The fourth-order valence-corrected chi connectivity index (χ4v) is 6.13. The number of carbonyl (C=O) groups is 1. The first-order valence-electron chi connectivity index (χ1n) is 10.1. The van der Waals surface area contributed by atoms with Gasteiger partial charge in [-0.25, -0.2) is 13.0 Å². The maximum absolute atomic E-state index is 13.1. The normalized spacial score (nSPS) is 19.8. The van der Waals surface area contributed by atoms with Crippen molar-refractivity contribution in [2.45, 2.75) is 38.1 Å². The van der Waals surface area contributed by atoms with Gasteiger partial charge >= 0.3 is 0 Å². The average molecular weight is 462 g/mol. The quantitative estimate of drug-likeness (QED) is 0.633. The van der Waals surface area contributed by atoms with Gasteiger partial charge < -0.3 is 5.32 Å². The number of amides is 1. The van der Waals surface area contributed by atoms with Crippen molar-refractivity contribution >= 4 is 33.2 Å². The average Bonchev–Trinajstić information content (AvgIpc) is 3.45. The van der Waals surface area contributed by atoms with Crippen LogP contribution in [0.4, 0.5) is 5.82 Å². The Morgan fingerprint density at radius 1 is 1.16 bits per heavy atom. The van der Waals surface area contributed by atoms with Crippen LogP contribution in [0, 0.1) is 0 Å². The van der Waals surface area contributed by atoms with Gasteiger partial charge in [-0.1, -0.05) is 23.7 Å². The van der Waals surface area contributed by atoms with E-state index in [2.05, 4.69) is 20.7 Å². The summed E-state index contributed by atoms with van der Waals surface area (Å²) in [6.07, 6.45) is 3.99. The lowest BCUT2D eigenvalue weighted by atomic mass is 9.95. The van der Waals surface area contributed by atoms with Gasteiger partial charge in [0.1, 0.15) is 0 Å².